The molecule has 2 fully saturated rings. The van der Waals surface area contributed by atoms with Gasteiger partial charge < -0.3 is 25.6 Å². The SMILES string of the molecule is O=C(O)C1(C(=O)Nc2ccc(Oc3ccc(NC(=O)C4(C(=O)O)CCCCC4)c(Cc4ccccc4)c3)cc2)CCCCC1. The molecule has 2 aliphatic carbocycles. The van der Waals surface area contributed by atoms with Gasteiger partial charge in [-0.25, -0.2) is 0 Å². The van der Waals surface area contributed by atoms with E-state index in [0.29, 0.717) is 80.7 Å². The average Bonchev–Trinajstić information content (AvgIpc) is 3.04. The summed E-state index contributed by atoms with van der Waals surface area (Å²) in [6, 6.07) is 21.7. The molecule has 230 valence electrons. The van der Waals surface area contributed by atoms with E-state index in [4.69, 9.17) is 4.74 Å². The van der Waals surface area contributed by atoms with Crippen LogP contribution in [-0.4, -0.2) is 34.0 Å². The van der Waals surface area contributed by atoms with Gasteiger partial charge in [-0.15, -0.1) is 0 Å². The maximum Gasteiger partial charge on any atom is 0.319 e. The molecule has 0 aromatic heterocycles. The van der Waals surface area contributed by atoms with Gasteiger partial charge in [0.25, 0.3) is 0 Å². The number of nitrogens with one attached hydrogen (secondary N) is 2. The van der Waals surface area contributed by atoms with Gasteiger partial charge in [0.1, 0.15) is 22.3 Å². The molecule has 0 atom stereocenters. The molecule has 2 saturated carbocycles. The van der Waals surface area contributed by atoms with Crippen LogP contribution in [0.1, 0.15) is 75.3 Å². The number of aliphatic carboxylic acids is 2. The zero-order valence-electron chi connectivity index (χ0n) is 24.6. The van der Waals surface area contributed by atoms with E-state index in [1.807, 2.05) is 36.4 Å². The van der Waals surface area contributed by atoms with Crippen LogP contribution in [0.25, 0.3) is 0 Å². The molecule has 0 aliphatic heterocycles. The molecular formula is C35H38N2O7. The summed E-state index contributed by atoms with van der Waals surface area (Å²) in [5.74, 6) is -2.15. The predicted octanol–water partition coefficient (Wildman–Crippen LogP) is 7.02. The number of rotatable bonds is 10. The summed E-state index contributed by atoms with van der Waals surface area (Å²) in [5.41, 5.74) is -0.0371. The van der Waals surface area contributed by atoms with Crippen molar-refractivity contribution < 1.29 is 34.1 Å². The summed E-state index contributed by atoms with van der Waals surface area (Å²) in [6.45, 7) is 0. The first-order valence-electron chi connectivity index (χ1n) is 15.3. The summed E-state index contributed by atoms with van der Waals surface area (Å²) in [6.07, 6.45) is 6.45. The van der Waals surface area contributed by atoms with Crippen molar-refractivity contribution >= 4 is 35.1 Å². The minimum atomic E-state index is -1.43. The molecule has 2 amide bonds. The number of carboxylic acid groups (broad SMARTS) is 2. The van der Waals surface area contributed by atoms with Gasteiger partial charge in [0.05, 0.1) is 0 Å². The Morgan fingerprint density at radius 1 is 0.636 bits per heavy atom. The van der Waals surface area contributed by atoms with Gasteiger partial charge in [0, 0.05) is 11.4 Å². The molecule has 0 saturated heterocycles. The quantitative estimate of drug-likeness (QED) is 0.184. The number of ether oxygens (including phenoxy) is 1. The van der Waals surface area contributed by atoms with Crippen LogP contribution in [0.15, 0.2) is 72.8 Å². The van der Waals surface area contributed by atoms with E-state index in [9.17, 15) is 29.4 Å². The number of benzene rings is 3. The largest absolute Gasteiger partial charge is 0.480 e. The van der Waals surface area contributed by atoms with Gasteiger partial charge in [-0.1, -0.05) is 68.9 Å². The number of hydrogen-bond donors (Lipinski definition) is 4. The molecule has 0 spiro atoms. The Morgan fingerprint density at radius 2 is 1.16 bits per heavy atom. The lowest BCUT2D eigenvalue weighted by Gasteiger charge is -2.32. The van der Waals surface area contributed by atoms with Crippen molar-refractivity contribution in [1.29, 1.82) is 0 Å². The fourth-order valence-electron chi connectivity index (χ4n) is 6.34. The molecular weight excluding hydrogens is 560 g/mol. The highest BCUT2D eigenvalue weighted by atomic mass is 16.5. The van der Waals surface area contributed by atoms with Crippen molar-refractivity contribution in [1.82, 2.24) is 0 Å². The maximum atomic E-state index is 13.4. The van der Waals surface area contributed by atoms with E-state index < -0.39 is 34.6 Å². The van der Waals surface area contributed by atoms with E-state index in [1.165, 1.54) is 0 Å². The fraction of sp³-hybridized carbons (Fsp3) is 0.371. The topological polar surface area (TPSA) is 142 Å². The third-order valence-electron chi connectivity index (χ3n) is 9.01. The van der Waals surface area contributed by atoms with Crippen LogP contribution in [0.2, 0.25) is 0 Å². The summed E-state index contributed by atoms with van der Waals surface area (Å²) < 4.78 is 6.11. The Labute approximate surface area is 256 Å². The predicted molar refractivity (Wildman–Crippen MR) is 166 cm³/mol. The first-order chi connectivity index (χ1) is 21.2. The molecule has 0 radical (unpaired) electrons. The summed E-state index contributed by atoms with van der Waals surface area (Å²) >= 11 is 0. The van der Waals surface area contributed by atoms with Crippen LogP contribution in [0, 0.1) is 10.8 Å². The van der Waals surface area contributed by atoms with Crippen LogP contribution in [0.4, 0.5) is 11.4 Å². The summed E-state index contributed by atoms with van der Waals surface area (Å²) in [7, 11) is 0. The van der Waals surface area contributed by atoms with Crippen molar-refractivity contribution in [2.45, 2.75) is 70.6 Å². The summed E-state index contributed by atoms with van der Waals surface area (Å²) in [5, 5.41) is 25.5. The normalized spacial score (nSPS) is 17.2. The molecule has 0 unspecified atom stereocenters. The highest BCUT2D eigenvalue weighted by Crippen LogP contribution is 2.40. The van der Waals surface area contributed by atoms with E-state index in [-0.39, 0.29) is 0 Å². The van der Waals surface area contributed by atoms with E-state index >= 15 is 0 Å². The minimum Gasteiger partial charge on any atom is -0.480 e. The molecule has 5 rings (SSSR count). The Hall–Kier alpha value is -4.66. The fourth-order valence-corrected chi connectivity index (χ4v) is 6.34. The zero-order valence-corrected chi connectivity index (χ0v) is 24.6. The smallest absolute Gasteiger partial charge is 0.319 e. The molecule has 0 heterocycles. The van der Waals surface area contributed by atoms with Gasteiger partial charge in [0.2, 0.25) is 11.8 Å². The molecule has 3 aromatic carbocycles. The van der Waals surface area contributed by atoms with Crippen molar-refractivity contribution in [2.75, 3.05) is 10.6 Å². The second-order valence-corrected chi connectivity index (χ2v) is 11.9. The van der Waals surface area contributed by atoms with Gasteiger partial charge in [0.15, 0.2) is 0 Å². The first kappa shape index (κ1) is 30.8. The Bertz CT molecular complexity index is 1510. The lowest BCUT2D eigenvalue weighted by molar-refractivity contribution is -0.157. The monoisotopic (exact) mass is 598 g/mol. The van der Waals surface area contributed by atoms with Crippen LogP contribution in [0.3, 0.4) is 0 Å². The van der Waals surface area contributed by atoms with Gasteiger partial charge in [-0.3, -0.25) is 19.2 Å². The van der Waals surface area contributed by atoms with Gasteiger partial charge in [-0.2, -0.15) is 0 Å². The maximum absolute atomic E-state index is 13.4. The highest BCUT2D eigenvalue weighted by Gasteiger charge is 2.47. The van der Waals surface area contributed by atoms with Crippen molar-refractivity contribution in [3.63, 3.8) is 0 Å². The number of carbonyl (C=O) groups excluding carboxylic acids is 2. The number of amides is 2. The molecule has 44 heavy (non-hydrogen) atoms. The molecule has 4 N–H and O–H groups in total. The van der Waals surface area contributed by atoms with E-state index in [1.54, 1.807) is 36.4 Å². The van der Waals surface area contributed by atoms with E-state index in [2.05, 4.69) is 10.6 Å². The molecule has 0 bridgehead atoms. The zero-order chi connectivity index (χ0) is 31.2. The summed E-state index contributed by atoms with van der Waals surface area (Å²) in [4.78, 5) is 50.6. The standard InChI is InChI=1S/C35H38N2O7/c38-30(34(32(40)41)18-6-2-7-19-34)36-26-12-14-27(15-13-26)44-28-16-17-29(25(23-28)22-24-10-4-1-5-11-24)37-31(39)35(33(42)43)20-8-3-9-21-35/h1,4-5,10-17,23H,2-3,6-9,18-22H2,(H,36,38)(H,37,39)(H,40,41)(H,42,43). The average molecular weight is 599 g/mol. The van der Waals surface area contributed by atoms with Crippen LogP contribution in [0.5, 0.6) is 11.5 Å². The van der Waals surface area contributed by atoms with Crippen LogP contribution in [-0.2, 0) is 25.6 Å². The second kappa shape index (κ2) is 13.3. The molecule has 9 heteroatoms. The van der Waals surface area contributed by atoms with Crippen LogP contribution < -0.4 is 15.4 Å². The third-order valence-corrected chi connectivity index (χ3v) is 9.01. The lowest BCUT2D eigenvalue weighted by atomic mass is 9.73. The molecule has 2 aliphatic rings. The Morgan fingerprint density at radius 3 is 1.70 bits per heavy atom. The Balaban J connectivity index is 1.33. The first-order valence-corrected chi connectivity index (χ1v) is 15.3. The minimum absolute atomic E-state index is 0.317. The van der Waals surface area contributed by atoms with Crippen molar-refractivity contribution in [3.05, 3.63) is 83.9 Å². The number of carbonyl (C=O) groups is 4. The lowest BCUT2D eigenvalue weighted by Crippen LogP contribution is -2.44. The van der Waals surface area contributed by atoms with Crippen LogP contribution >= 0.6 is 0 Å². The third kappa shape index (κ3) is 6.61. The highest BCUT2D eigenvalue weighted by molar-refractivity contribution is 6.09. The van der Waals surface area contributed by atoms with Crippen molar-refractivity contribution in [3.8, 4) is 11.5 Å². The molecule has 9 nitrogen and oxygen atoms in total. The number of carboxylic acids is 2. The van der Waals surface area contributed by atoms with Crippen molar-refractivity contribution in [2.24, 2.45) is 10.8 Å². The number of hydrogen-bond acceptors (Lipinski definition) is 5. The van der Waals surface area contributed by atoms with Gasteiger partial charge >= 0.3 is 11.9 Å². The van der Waals surface area contributed by atoms with Gasteiger partial charge in [-0.05, 0) is 85.7 Å². The Kier molecular flexibility index (Phi) is 9.32. The molecule has 3 aromatic rings. The second-order valence-electron chi connectivity index (χ2n) is 11.9. The number of anilines is 2. The van der Waals surface area contributed by atoms with E-state index in [0.717, 1.165) is 24.0 Å².